The van der Waals surface area contributed by atoms with Gasteiger partial charge in [-0.3, -0.25) is 9.59 Å². The van der Waals surface area contributed by atoms with Gasteiger partial charge in [-0.1, -0.05) is 12.8 Å². The zero-order valence-electron chi connectivity index (χ0n) is 11.9. The van der Waals surface area contributed by atoms with E-state index in [2.05, 4.69) is 5.32 Å². The molecule has 3 fully saturated rings. The van der Waals surface area contributed by atoms with Crippen LogP contribution in [0.15, 0.2) is 0 Å². The summed E-state index contributed by atoms with van der Waals surface area (Å²) in [5.74, 6) is 0.352. The van der Waals surface area contributed by atoms with E-state index in [1.165, 1.54) is 32.1 Å². The van der Waals surface area contributed by atoms with Crippen molar-refractivity contribution in [2.45, 2.75) is 57.0 Å². The van der Waals surface area contributed by atoms with E-state index in [0.717, 1.165) is 12.3 Å². The van der Waals surface area contributed by atoms with Crippen LogP contribution >= 0.6 is 0 Å². The van der Waals surface area contributed by atoms with E-state index in [0.29, 0.717) is 19.1 Å². The van der Waals surface area contributed by atoms with Gasteiger partial charge in [0.25, 0.3) is 0 Å². The zero-order valence-corrected chi connectivity index (χ0v) is 11.9. The van der Waals surface area contributed by atoms with Crippen molar-refractivity contribution in [3.63, 3.8) is 0 Å². The van der Waals surface area contributed by atoms with E-state index in [1.54, 1.807) is 0 Å². The molecular weight excluding hydrogens is 256 g/mol. The summed E-state index contributed by atoms with van der Waals surface area (Å²) in [5, 5.41) is 12.3. The summed E-state index contributed by atoms with van der Waals surface area (Å²) in [5.41, 5.74) is 0. The Hall–Kier alpha value is -1.10. The minimum Gasteiger partial charge on any atom is -0.481 e. The Morgan fingerprint density at radius 1 is 1.10 bits per heavy atom. The lowest BCUT2D eigenvalue weighted by Crippen LogP contribution is -2.60. The van der Waals surface area contributed by atoms with Gasteiger partial charge in [0.05, 0.1) is 12.5 Å². The lowest BCUT2D eigenvalue weighted by atomic mass is 9.77. The smallest absolute Gasteiger partial charge is 0.303 e. The molecule has 1 amide bonds. The molecule has 5 heteroatoms. The Morgan fingerprint density at radius 2 is 1.85 bits per heavy atom. The molecule has 1 aliphatic carbocycles. The van der Waals surface area contributed by atoms with Gasteiger partial charge in [-0.25, -0.2) is 0 Å². The van der Waals surface area contributed by atoms with Crippen molar-refractivity contribution in [3.05, 3.63) is 0 Å². The average molecular weight is 280 g/mol. The third-order valence-corrected chi connectivity index (χ3v) is 5.18. The quantitative estimate of drug-likeness (QED) is 0.816. The van der Waals surface area contributed by atoms with Gasteiger partial charge < -0.3 is 15.3 Å². The Morgan fingerprint density at radius 3 is 2.60 bits per heavy atom. The molecule has 1 saturated carbocycles. The molecule has 112 valence electrons. The number of nitrogens with one attached hydrogen (secondary N) is 1. The first kappa shape index (κ1) is 13.9. The number of hydrogen-bond acceptors (Lipinski definition) is 3. The first-order valence-electron chi connectivity index (χ1n) is 7.90. The standard InChI is InChI=1S/C15H24N2O3/c18-14(19)7-10-8-17(9-10)15(20)13-6-5-11-3-1-2-4-12(11)16-13/h10-13,16H,1-9H2,(H,18,19). The van der Waals surface area contributed by atoms with Crippen LogP contribution in [-0.2, 0) is 9.59 Å². The number of aliphatic carboxylic acids is 1. The maximum atomic E-state index is 12.4. The molecule has 2 saturated heterocycles. The number of rotatable bonds is 3. The Bertz CT molecular complexity index is 393. The van der Waals surface area contributed by atoms with Crippen LogP contribution in [0.1, 0.15) is 44.9 Å². The molecule has 3 atom stereocenters. The number of carboxylic acids is 1. The molecular formula is C15H24N2O3. The summed E-state index contributed by atoms with van der Waals surface area (Å²) < 4.78 is 0. The number of likely N-dealkylation sites (tertiary alicyclic amines) is 1. The minimum absolute atomic E-state index is 0.0277. The van der Waals surface area contributed by atoms with Gasteiger partial charge >= 0.3 is 5.97 Å². The highest BCUT2D eigenvalue weighted by Gasteiger charge is 2.39. The van der Waals surface area contributed by atoms with Gasteiger partial charge in [-0.2, -0.15) is 0 Å². The van der Waals surface area contributed by atoms with Crippen LogP contribution < -0.4 is 5.32 Å². The molecule has 3 aliphatic rings. The third kappa shape index (κ3) is 2.82. The molecule has 2 aliphatic heterocycles. The van der Waals surface area contributed by atoms with Gasteiger partial charge in [0.1, 0.15) is 0 Å². The normalized spacial score (nSPS) is 34.2. The molecule has 0 spiro atoms. The summed E-state index contributed by atoms with van der Waals surface area (Å²) >= 11 is 0. The fraction of sp³-hybridized carbons (Fsp3) is 0.867. The number of carbonyl (C=O) groups excluding carboxylic acids is 1. The second-order valence-corrected chi connectivity index (χ2v) is 6.65. The van der Waals surface area contributed by atoms with E-state index >= 15 is 0 Å². The number of fused-ring (bicyclic) bond motifs is 1. The fourth-order valence-corrected chi connectivity index (χ4v) is 4.04. The molecule has 5 nitrogen and oxygen atoms in total. The zero-order chi connectivity index (χ0) is 14.1. The molecule has 2 N–H and O–H groups in total. The molecule has 3 unspecified atom stereocenters. The Kier molecular flexibility index (Phi) is 3.96. The topological polar surface area (TPSA) is 69.6 Å². The van der Waals surface area contributed by atoms with E-state index in [4.69, 9.17) is 5.11 Å². The minimum atomic E-state index is -0.761. The van der Waals surface area contributed by atoms with E-state index in [1.807, 2.05) is 4.90 Å². The number of carbonyl (C=O) groups is 2. The highest BCUT2D eigenvalue weighted by Crippen LogP contribution is 2.33. The summed E-state index contributed by atoms with van der Waals surface area (Å²) in [6.45, 7) is 1.24. The molecule has 0 aromatic heterocycles. The predicted octanol–water partition coefficient (Wildman–Crippen LogP) is 1.23. The van der Waals surface area contributed by atoms with Crippen LogP contribution in [0.25, 0.3) is 0 Å². The van der Waals surface area contributed by atoms with Crippen LogP contribution in [0.2, 0.25) is 0 Å². The van der Waals surface area contributed by atoms with E-state index < -0.39 is 5.97 Å². The van der Waals surface area contributed by atoms with E-state index in [-0.39, 0.29) is 24.3 Å². The van der Waals surface area contributed by atoms with Crippen LogP contribution in [0, 0.1) is 11.8 Å². The predicted molar refractivity (Wildman–Crippen MR) is 74.2 cm³/mol. The van der Waals surface area contributed by atoms with Gasteiger partial charge in [-0.15, -0.1) is 0 Å². The van der Waals surface area contributed by atoms with Gasteiger partial charge in [0, 0.05) is 25.0 Å². The molecule has 0 aromatic rings. The summed E-state index contributed by atoms with van der Waals surface area (Å²) in [6.07, 6.45) is 7.43. The number of hydrogen-bond donors (Lipinski definition) is 2. The van der Waals surface area contributed by atoms with Crippen LogP contribution in [0.3, 0.4) is 0 Å². The molecule has 3 rings (SSSR count). The Labute approximate surface area is 119 Å². The van der Waals surface area contributed by atoms with Crippen LogP contribution in [0.5, 0.6) is 0 Å². The Balaban J connectivity index is 1.48. The van der Waals surface area contributed by atoms with Crippen molar-refractivity contribution < 1.29 is 14.7 Å². The van der Waals surface area contributed by atoms with Gasteiger partial charge in [0.2, 0.25) is 5.91 Å². The SMILES string of the molecule is O=C(O)CC1CN(C(=O)C2CCC3CCCCC3N2)C1. The van der Waals surface area contributed by atoms with Crippen molar-refractivity contribution in [1.29, 1.82) is 0 Å². The molecule has 0 bridgehead atoms. The maximum Gasteiger partial charge on any atom is 0.303 e. The molecule has 2 heterocycles. The first-order valence-corrected chi connectivity index (χ1v) is 7.90. The highest BCUT2D eigenvalue weighted by molar-refractivity contribution is 5.83. The van der Waals surface area contributed by atoms with Crippen molar-refractivity contribution in [3.8, 4) is 0 Å². The summed E-state index contributed by atoms with van der Waals surface area (Å²) in [6, 6.07) is 0.502. The van der Waals surface area contributed by atoms with Crippen molar-refractivity contribution >= 4 is 11.9 Å². The van der Waals surface area contributed by atoms with Crippen molar-refractivity contribution in [2.75, 3.05) is 13.1 Å². The second-order valence-electron chi connectivity index (χ2n) is 6.65. The average Bonchev–Trinajstić information content (AvgIpc) is 2.41. The van der Waals surface area contributed by atoms with Crippen LogP contribution in [-0.4, -0.2) is 47.1 Å². The number of amides is 1. The number of nitrogens with zero attached hydrogens (tertiary/aromatic N) is 1. The van der Waals surface area contributed by atoms with Crippen molar-refractivity contribution in [1.82, 2.24) is 10.2 Å². The third-order valence-electron chi connectivity index (χ3n) is 5.18. The first-order chi connectivity index (χ1) is 9.63. The molecule has 0 radical (unpaired) electrons. The summed E-state index contributed by atoms with van der Waals surface area (Å²) in [4.78, 5) is 24.9. The van der Waals surface area contributed by atoms with Crippen molar-refractivity contribution in [2.24, 2.45) is 11.8 Å². The van der Waals surface area contributed by atoms with E-state index in [9.17, 15) is 9.59 Å². The number of carboxylic acid groups (broad SMARTS) is 1. The second kappa shape index (κ2) is 5.72. The maximum absolute atomic E-state index is 12.4. The lowest BCUT2D eigenvalue weighted by molar-refractivity contribution is -0.147. The lowest BCUT2D eigenvalue weighted by Gasteiger charge is -2.45. The monoisotopic (exact) mass is 280 g/mol. The molecule has 0 aromatic carbocycles. The van der Waals surface area contributed by atoms with Crippen LogP contribution in [0.4, 0.5) is 0 Å². The largest absolute Gasteiger partial charge is 0.481 e. The fourth-order valence-electron chi connectivity index (χ4n) is 4.04. The molecule has 20 heavy (non-hydrogen) atoms. The summed E-state index contributed by atoms with van der Waals surface area (Å²) in [7, 11) is 0. The van der Waals surface area contributed by atoms with Gasteiger partial charge in [0.15, 0.2) is 0 Å². The van der Waals surface area contributed by atoms with Gasteiger partial charge in [-0.05, 0) is 31.6 Å². The number of piperidine rings is 1. The highest BCUT2D eigenvalue weighted by atomic mass is 16.4.